The number of hydrogen-bond donors (Lipinski definition) is 0. The van der Waals surface area contributed by atoms with E-state index in [9.17, 15) is 9.59 Å². The number of carbonyl (C=O) groups is 2. The van der Waals surface area contributed by atoms with Crippen molar-refractivity contribution in [2.24, 2.45) is 0 Å². The molecular formula is C22H13Cl2NO3. The number of ether oxygens (including phenoxy) is 1. The van der Waals surface area contributed by atoms with Gasteiger partial charge in [-0.25, -0.2) is 4.90 Å². The Balaban J connectivity index is 1.58. The number of anilines is 1. The van der Waals surface area contributed by atoms with E-state index in [4.69, 9.17) is 27.9 Å². The monoisotopic (exact) mass is 409 g/mol. The molecular weight excluding hydrogens is 397 g/mol. The van der Waals surface area contributed by atoms with Crippen molar-refractivity contribution in [2.75, 3.05) is 4.90 Å². The maximum atomic E-state index is 12.7. The zero-order chi connectivity index (χ0) is 19.7. The number of hydrogen-bond acceptors (Lipinski definition) is 3. The van der Waals surface area contributed by atoms with Crippen LogP contribution in [0.25, 0.3) is 11.1 Å². The van der Waals surface area contributed by atoms with E-state index in [1.54, 1.807) is 30.3 Å². The molecule has 0 atom stereocenters. The van der Waals surface area contributed by atoms with E-state index in [2.05, 4.69) is 0 Å². The highest BCUT2D eigenvalue weighted by Crippen LogP contribution is 2.32. The lowest BCUT2D eigenvalue weighted by Gasteiger charge is -2.14. The van der Waals surface area contributed by atoms with Crippen LogP contribution >= 0.6 is 23.2 Å². The van der Waals surface area contributed by atoms with Crippen LogP contribution in [0.2, 0.25) is 5.02 Å². The highest BCUT2D eigenvalue weighted by molar-refractivity contribution is 6.52. The first-order valence-electron chi connectivity index (χ1n) is 8.42. The quantitative estimate of drug-likeness (QED) is 0.541. The predicted octanol–water partition coefficient (Wildman–Crippen LogP) is 5.41. The fraction of sp³-hybridized carbons (Fsp3) is 0. The molecule has 0 aromatic heterocycles. The summed E-state index contributed by atoms with van der Waals surface area (Å²) in [6.07, 6.45) is 0. The van der Waals surface area contributed by atoms with E-state index < -0.39 is 11.8 Å². The van der Waals surface area contributed by atoms with Gasteiger partial charge in [0, 0.05) is 5.02 Å². The molecule has 6 heteroatoms. The first-order chi connectivity index (χ1) is 13.5. The second-order valence-corrected chi connectivity index (χ2v) is 6.88. The molecule has 1 aliphatic rings. The first kappa shape index (κ1) is 18.3. The number of amides is 2. The third-order valence-corrected chi connectivity index (χ3v) is 4.80. The summed E-state index contributed by atoms with van der Waals surface area (Å²) in [5, 5.41) is 0.136. The molecule has 0 N–H and O–H groups in total. The summed E-state index contributed by atoms with van der Waals surface area (Å²) >= 11 is 12.1. The minimum Gasteiger partial charge on any atom is -0.450 e. The topological polar surface area (TPSA) is 46.6 Å². The van der Waals surface area contributed by atoms with Crippen LogP contribution in [0.5, 0.6) is 5.75 Å². The molecule has 138 valence electrons. The lowest BCUT2D eigenvalue weighted by Crippen LogP contribution is -2.31. The minimum absolute atomic E-state index is 0.209. The van der Waals surface area contributed by atoms with Gasteiger partial charge in [0.2, 0.25) is 5.76 Å². The zero-order valence-electron chi connectivity index (χ0n) is 14.4. The fourth-order valence-corrected chi connectivity index (χ4v) is 3.27. The third-order valence-electron chi connectivity index (χ3n) is 4.24. The molecule has 4 rings (SSSR count). The molecule has 1 aliphatic heterocycles. The summed E-state index contributed by atoms with van der Waals surface area (Å²) in [6, 6.07) is 23.4. The van der Waals surface area contributed by atoms with Crippen molar-refractivity contribution in [2.45, 2.75) is 0 Å². The standard InChI is InChI=1S/C22H13Cl2NO3/c23-16-7-4-8-17(13-16)25-21(26)19(24)20(22(25)27)28-18-11-9-15(10-12-18)14-5-2-1-3-6-14/h1-13H. The highest BCUT2D eigenvalue weighted by atomic mass is 35.5. The van der Waals surface area contributed by atoms with E-state index in [0.717, 1.165) is 16.0 Å². The zero-order valence-corrected chi connectivity index (χ0v) is 15.9. The van der Waals surface area contributed by atoms with E-state index in [1.807, 2.05) is 42.5 Å². The number of halogens is 2. The Morgan fingerprint density at radius 1 is 0.714 bits per heavy atom. The van der Waals surface area contributed by atoms with Gasteiger partial charge in [-0.1, -0.05) is 71.7 Å². The molecule has 28 heavy (non-hydrogen) atoms. The molecule has 3 aromatic rings. The Kier molecular flexibility index (Phi) is 4.90. The largest absolute Gasteiger partial charge is 0.450 e. The molecule has 0 unspecified atom stereocenters. The predicted molar refractivity (Wildman–Crippen MR) is 109 cm³/mol. The van der Waals surface area contributed by atoms with Crippen LogP contribution < -0.4 is 9.64 Å². The van der Waals surface area contributed by atoms with E-state index in [1.165, 1.54) is 6.07 Å². The molecule has 4 nitrogen and oxygen atoms in total. The van der Waals surface area contributed by atoms with Crippen molar-refractivity contribution in [3.05, 3.63) is 94.7 Å². The Labute approximate surface area is 171 Å². The van der Waals surface area contributed by atoms with Gasteiger partial charge in [0.15, 0.2) is 5.03 Å². The SMILES string of the molecule is O=C1C(Cl)=C(Oc2ccc(-c3ccccc3)cc2)C(=O)N1c1cccc(Cl)c1. The maximum absolute atomic E-state index is 12.7. The van der Waals surface area contributed by atoms with E-state index in [0.29, 0.717) is 16.5 Å². The van der Waals surface area contributed by atoms with Crippen LogP contribution in [0.1, 0.15) is 0 Å². The van der Waals surface area contributed by atoms with Gasteiger partial charge < -0.3 is 4.74 Å². The highest BCUT2D eigenvalue weighted by Gasteiger charge is 2.40. The van der Waals surface area contributed by atoms with Gasteiger partial charge in [-0.3, -0.25) is 9.59 Å². The molecule has 3 aromatic carbocycles. The number of rotatable bonds is 4. The lowest BCUT2D eigenvalue weighted by atomic mass is 10.1. The summed E-state index contributed by atoms with van der Waals surface area (Å²) in [5.74, 6) is -1.09. The van der Waals surface area contributed by atoms with Gasteiger partial charge in [-0.05, 0) is 41.5 Å². The Bertz CT molecular complexity index is 1090. The van der Waals surface area contributed by atoms with Crippen LogP contribution in [-0.2, 0) is 9.59 Å². The molecule has 2 amide bonds. The van der Waals surface area contributed by atoms with Crippen molar-refractivity contribution < 1.29 is 14.3 Å². The normalized spacial score (nSPS) is 14.0. The van der Waals surface area contributed by atoms with Crippen LogP contribution in [0.3, 0.4) is 0 Å². The van der Waals surface area contributed by atoms with Gasteiger partial charge in [-0.15, -0.1) is 0 Å². The van der Waals surface area contributed by atoms with Gasteiger partial charge >= 0.3 is 5.91 Å². The van der Waals surface area contributed by atoms with Crippen LogP contribution in [0.4, 0.5) is 5.69 Å². The third kappa shape index (κ3) is 3.40. The van der Waals surface area contributed by atoms with Crippen LogP contribution in [-0.4, -0.2) is 11.8 Å². The number of imide groups is 1. The average molecular weight is 410 g/mol. The van der Waals surface area contributed by atoms with Crippen molar-refractivity contribution in [1.82, 2.24) is 0 Å². The molecule has 0 aliphatic carbocycles. The summed E-state index contributed by atoms with van der Waals surface area (Å²) in [4.78, 5) is 26.1. The van der Waals surface area contributed by atoms with E-state index >= 15 is 0 Å². The summed E-state index contributed by atoms with van der Waals surface area (Å²) in [5.41, 5.74) is 2.40. The average Bonchev–Trinajstić information content (AvgIpc) is 2.92. The summed E-state index contributed by atoms with van der Waals surface area (Å²) in [6.45, 7) is 0. The molecule has 0 spiro atoms. The number of carbonyl (C=O) groups excluding carboxylic acids is 2. The van der Waals surface area contributed by atoms with Crippen molar-refractivity contribution >= 4 is 40.7 Å². The molecule has 1 heterocycles. The molecule has 0 fully saturated rings. The molecule has 0 bridgehead atoms. The second kappa shape index (κ2) is 7.50. The van der Waals surface area contributed by atoms with E-state index in [-0.39, 0.29) is 10.8 Å². The first-order valence-corrected chi connectivity index (χ1v) is 9.17. The molecule has 0 radical (unpaired) electrons. The fourth-order valence-electron chi connectivity index (χ4n) is 2.88. The van der Waals surface area contributed by atoms with Gasteiger partial charge in [0.05, 0.1) is 5.69 Å². The number of nitrogens with zero attached hydrogens (tertiary/aromatic N) is 1. The van der Waals surface area contributed by atoms with Crippen molar-refractivity contribution in [3.8, 4) is 16.9 Å². The van der Waals surface area contributed by atoms with Gasteiger partial charge in [0.1, 0.15) is 5.75 Å². The maximum Gasteiger partial charge on any atom is 0.302 e. The smallest absolute Gasteiger partial charge is 0.302 e. The Hall–Kier alpha value is -3.08. The minimum atomic E-state index is -0.648. The Morgan fingerprint density at radius 2 is 1.39 bits per heavy atom. The number of benzene rings is 3. The van der Waals surface area contributed by atoms with Crippen LogP contribution in [0, 0.1) is 0 Å². The Morgan fingerprint density at radius 3 is 2.07 bits per heavy atom. The molecule has 0 saturated carbocycles. The van der Waals surface area contributed by atoms with Crippen LogP contribution in [0.15, 0.2) is 89.7 Å². The lowest BCUT2D eigenvalue weighted by molar-refractivity contribution is -0.121. The van der Waals surface area contributed by atoms with Gasteiger partial charge in [-0.2, -0.15) is 0 Å². The van der Waals surface area contributed by atoms with Crippen molar-refractivity contribution in [3.63, 3.8) is 0 Å². The van der Waals surface area contributed by atoms with Crippen molar-refractivity contribution in [1.29, 1.82) is 0 Å². The summed E-state index contributed by atoms with van der Waals surface area (Å²) in [7, 11) is 0. The second-order valence-electron chi connectivity index (χ2n) is 6.06. The summed E-state index contributed by atoms with van der Waals surface area (Å²) < 4.78 is 5.65. The molecule has 0 saturated heterocycles. The van der Waals surface area contributed by atoms with Gasteiger partial charge in [0.25, 0.3) is 5.91 Å².